The number of primary amides is 1. The maximum atomic E-state index is 11.1. The first kappa shape index (κ1) is 13.5. The van der Waals surface area contributed by atoms with E-state index in [0.29, 0.717) is 0 Å². The van der Waals surface area contributed by atoms with Crippen molar-refractivity contribution in [2.75, 3.05) is 0 Å². The Balaban J connectivity index is 2.39. The monoisotopic (exact) mass is 273 g/mol. The first-order valence-electron chi connectivity index (χ1n) is 5.65. The largest absolute Gasteiger partial charge is 0.448 e. The average Bonchev–Trinajstić information content (AvgIpc) is 2.38. The lowest BCUT2D eigenvalue weighted by molar-refractivity contribution is -0.385. The predicted octanol–water partition coefficient (Wildman–Crippen LogP) is 2.19. The number of carbonyl (C=O) groups is 1. The van der Waals surface area contributed by atoms with Gasteiger partial charge in [-0.1, -0.05) is 6.07 Å². The minimum absolute atomic E-state index is 0.0819. The molecule has 0 spiro atoms. The third-order valence-corrected chi connectivity index (χ3v) is 2.54. The number of carbonyl (C=O) groups excluding carboxylic acids is 1. The van der Waals surface area contributed by atoms with Crippen LogP contribution in [0.25, 0.3) is 0 Å². The first-order chi connectivity index (χ1) is 9.47. The number of hydrogen-bond donors (Lipinski definition) is 1. The highest BCUT2D eigenvalue weighted by Gasteiger charge is 2.16. The van der Waals surface area contributed by atoms with E-state index in [1.54, 1.807) is 13.0 Å². The standard InChI is InChI=1S/C13H11N3O4/c1-8-2-3-11(16(18)19)12(4-8)20-10-5-9(13(14)17)6-15-7-10/h2-7H,1H3,(H2,14,17). The summed E-state index contributed by atoms with van der Waals surface area (Å²) in [4.78, 5) is 25.2. The van der Waals surface area contributed by atoms with E-state index in [1.165, 1.54) is 30.6 Å². The Morgan fingerprint density at radius 2 is 2.10 bits per heavy atom. The minimum Gasteiger partial charge on any atom is -0.448 e. The Bertz CT molecular complexity index is 685. The Morgan fingerprint density at radius 3 is 2.75 bits per heavy atom. The molecule has 0 bridgehead atoms. The fourth-order valence-electron chi connectivity index (χ4n) is 1.59. The van der Waals surface area contributed by atoms with Gasteiger partial charge in [0.1, 0.15) is 5.75 Å². The number of ether oxygens (including phenoxy) is 1. The van der Waals surface area contributed by atoms with Gasteiger partial charge in [0.05, 0.1) is 16.7 Å². The van der Waals surface area contributed by atoms with Gasteiger partial charge in [-0.2, -0.15) is 0 Å². The summed E-state index contributed by atoms with van der Waals surface area (Å²) in [5.74, 6) is -0.366. The van der Waals surface area contributed by atoms with Gasteiger partial charge >= 0.3 is 5.69 Å². The number of aromatic nitrogens is 1. The number of nitrogens with zero attached hydrogens (tertiary/aromatic N) is 2. The topological polar surface area (TPSA) is 108 Å². The molecule has 2 N–H and O–H groups in total. The van der Waals surface area contributed by atoms with Crippen LogP contribution in [-0.2, 0) is 0 Å². The number of nitro groups is 1. The lowest BCUT2D eigenvalue weighted by atomic mass is 10.2. The van der Waals surface area contributed by atoms with Crippen molar-refractivity contribution in [1.82, 2.24) is 4.98 Å². The van der Waals surface area contributed by atoms with E-state index < -0.39 is 10.8 Å². The fraction of sp³-hybridized carbons (Fsp3) is 0.0769. The lowest BCUT2D eigenvalue weighted by Gasteiger charge is -2.07. The van der Waals surface area contributed by atoms with Crippen LogP contribution >= 0.6 is 0 Å². The van der Waals surface area contributed by atoms with Gasteiger partial charge in [0, 0.05) is 12.3 Å². The number of rotatable bonds is 4. The van der Waals surface area contributed by atoms with Crippen LogP contribution < -0.4 is 10.5 Å². The number of hydrogen-bond acceptors (Lipinski definition) is 5. The van der Waals surface area contributed by atoms with Crippen molar-refractivity contribution in [2.24, 2.45) is 5.73 Å². The number of benzene rings is 1. The quantitative estimate of drug-likeness (QED) is 0.678. The zero-order valence-corrected chi connectivity index (χ0v) is 10.6. The summed E-state index contributed by atoms with van der Waals surface area (Å²) in [7, 11) is 0. The van der Waals surface area contributed by atoms with E-state index >= 15 is 0 Å². The Labute approximate surface area is 114 Å². The highest BCUT2D eigenvalue weighted by atomic mass is 16.6. The molecule has 0 saturated heterocycles. The SMILES string of the molecule is Cc1ccc([N+](=O)[O-])c(Oc2cncc(C(N)=O)c2)c1. The summed E-state index contributed by atoms with van der Waals surface area (Å²) in [6, 6.07) is 5.88. The summed E-state index contributed by atoms with van der Waals surface area (Å²) in [5, 5.41) is 10.9. The molecule has 0 aliphatic rings. The van der Waals surface area contributed by atoms with Crippen LogP contribution in [0.5, 0.6) is 11.5 Å². The van der Waals surface area contributed by atoms with Crippen molar-refractivity contribution in [3.8, 4) is 11.5 Å². The summed E-state index contributed by atoms with van der Waals surface area (Å²) in [5.41, 5.74) is 5.94. The molecule has 0 saturated carbocycles. The minimum atomic E-state index is -0.651. The number of nitro benzene ring substituents is 1. The molecule has 0 atom stereocenters. The molecule has 1 amide bonds. The normalized spacial score (nSPS) is 10.1. The van der Waals surface area contributed by atoms with Gasteiger partial charge in [0.25, 0.3) is 0 Å². The molecule has 2 rings (SSSR count). The van der Waals surface area contributed by atoms with Crippen LogP contribution in [0.1, 0.15) is 15.9 Å². The molecule has 1 heterocycles. The Kier molecular flexibility index (Phi) is 3.60. The molecule has 7 heteroatoms. The average molecular weight is 273 g/mol. The third-order valence-electron chi connectivity index (χ3n) is 2.54. The van der Waals surface area contributed by atoms with E-state index in [4.69, 9.17) is 10.5 Å². The number of aryl methyl sites for hydroxylation is 1. The molecule has 0 aliphatic heterocycles. The highest BCUT2D eigenvalue weighted by molar-refractivity contribution is 5.92. The van der Waals surface area contributed by atoms with Crippen LogP contribution in [0.3, 0.4) is 0 Å². The van der Waals surface area contributed by atoms with Crippen LogP contribution in [0, 0.1) is 17.0 Å². The number of pyridine rings is 1. The van der Waals surface area contributed by atoms with Crippen molar-refractivity contribution in [2.45, 2.75) is 6.92 Å². The maximum Gasteiger partial charge on any atom is 0.311 e. The zero-order chi connectivity index (χ0) is 14.7. The van der Waals surface area contributed by atoms with Gasteiger partial charge < -0.3 is 10.5 Å². The second kappa shape index (κ2) is 5.35. The molecule has 102 valence electrons. The molecule has 0 aliphatic carbocycles. The first-order valence-corrected chi connectivity index (χ1v) is 5.65. The molecule has 0 radical (unpaired) electrons. The molecule has 2 aromatic rings. The summed E-state index contributed by atoms with van der Waals surface area (Å²) in [6.07, 6.45) is 2.64. The van der Waals surface area contributed by atoms with E-state index in [-0.39, 0.29) is 22.7 Å². The molecule has 0 unspecified atom stereocenters. The van der Waals surface area contributed by atoms with Crippen LogP contribution in [0.4, 0.5) is 5.69 Å². The molecular weight excluding hydrogens is 262 g/mol. The van der Waals surface area contributed by atoms with Crippen molar-refractivity contribution < 1.29 is 14.5 Å². The van der Waals surface area contributed by atoms with Gasteiger partial charge in [-0.3, -0.25) is 19.9 Å². The maximum absolute atomic E-state index is 11.1. The van der Waals surface area contributed by atoms with E-state index in [9.17, 15) is 14.9 Å². The van der Waals surface area contributed by atoms with Crippen molar-refractivity contribution >= 4 is 11.6 Å². The third kappa shape index (κ3) is 2.89. The lowest BCUT2D eigenvalue weighted by Crippen LogP contribution is -2.11. The summed E-state index contributed by atoms with van der Waals surface area (Å²) < 4.78 is 5.43. The summed E-state index contributed by atoms with van der Waals surface area (Å²) in [6.45, 7) is 1.79. The highest BCUT2D eigenvalue weighted by Crippen LogP contribution is 2.32. The molecule has 20 heavy (non-hydrogen) atoms. The van der Waals surface area contributed by atoms with Crippen LogP contribution in [0.2, 0.25) is 0 Å². The smallest absolute Gasteiger partial charge is 0.311 e. The van der Waals surface area contributed by atoms with Gasteiger partial charge in [0.2, 0.25) is 11.7 Å². The van der Waals surface area contributed by atoms with Gasteiger partial charge in [-0.05, 0) is 24.6 Å². The number of nitrogens with two attached hydrogens (primary N) is 1. The summed E-state index contributed by atoms with van der Waals surface area (Å²) >= 11 is 0. The van der Waals surface area contributed by atoms with Crippen molar-refractivity contribution in [3.05, 3.63) is 57.9 Å². The second-order valence-electron chi connectivity index (χ2n) is 4.10. The zero-order valence-electron chi connectivity index (χ0n) is 10.6. The van der Waals surface area contributed by atoms with E-state index in [1.807, 2.05) is 0 Å². The van der Waals surface area contributed by atoms with Gasteiger partial charge in [-0.15, -0.1) is 0 Å². The predicted molar refractivity (Wildman–Crippen MR) is 70.7 cm³/mol. The van der Waals surface area contributed by atoms with E-state index in [2.05, 4.69) is 4.98 Å². The second-order valence-corrected chi connectivity index (χ2v) is 4.10. The Morgan fingerprint density at radius 1 is 1.35 bits per heavy atom. The van der Waals surface area contributed by atoms with E-state index in [0.717, 1.165) is 5.56 Å². The van der Waals surface area contributed by atoms with Crippen molar-refractivity contribution in [3.63, 3.8) is 0 Å². The van der Waals surface area contributed by atoms with Gasteiger partial charge in [0.15, 0.2) is 0 Å². The molecule has 7 nitrogen and oxygen atoms in total. The van der Waals surface area contributed by atoms with Crippen LogP contribution in [0.15, 0.2) is 36.7 Å². The fourth-order valence-corrected chi connectivity index (χ4v) is 1.59. The molecule has 0 fully saturated rings. The molecular formula is C13H11N3O4. The Hall–Kier alpha value is -2.96. The van der Waals surface area contributed by atoms with Crippen LogP contribution in [-0.4, -0.2) is 15.8 Å². The molecule has 1 aromatic carbocycles. The number of amides is 1. The van der Waals surface area contributed by atoms with Crippen molar-refractivity contribution in [1.29, 1.82) is 0 Å². The molecule has 1 aromatic heterocycles. The van der Waals surface area contributed by atoms with Gasteiger partial charge in [-0.25, -0.2) is 0 Å².